The normalized spacial score (nSPS) is 26.2. The van der Waals surface area contributed by atoms with E-state index in [0.717, 1.165) is 22.3 Å². The lowest BCUT2D eigenvalue weighted by atomic mass is 9.84. The van der Waals surface area contributed by atoms with E-state index in [1.807, 2.05) is 36.4 Å². The number of rotatable bonds is 3. The molecule has 120 valence electrons. The number of carbonyl (C=O) groups is 1. The van der Waals surface area contributed by atoms with Gasteiger partial charge in [0.15, 0.2) is 0 Å². The van der Waals surface area contributed by atoms with Gasteiger partial charge in [-0.3, -0.25) is 4.79 Å². The third-order valence-corrected chi connectivity index (χ3v) is 5.59. The molecule has 4 heterocycles. The van der Waals surface area contributed by atoms with E-state index in [-0.39, 0.29) is 5.91 Å². The van der Waals surface area contributed by atoms with Gasteiger partial charge in [-0.1, -0.05) is 28.1 Å². The van der Waals surface area contributed by atoms with E-state index < -0.39 is 0 Å². The Morgan fingerprint density at radius 1 is 1.13 bits per heavy atom. The average molecular weight is 374 g/mol. The lowest BCUT2D eigenvalue weighted by Crippen LogP contribution is -2.57. The van der Waals surface area contributed by atoms with Crippen LogP contribution in [-0.2, 0) is 0 Å². The smallest absolute Gasteiger partial charge is 0.267 e. The second kappa shape index (κ2) is 6.13. The largest absolute Gasteiger partial charge is 0.351 e. The summed E-state index contributed by atoms with van der Waals surface area (Å²) in [4.78, 5) is 18.2. The fourth-order valence-corrected chi connectivity index (χ4v) is 3.96. The molecule has 5 rings (SSSR count). The van der Waals surface area contributed by atoms with E-state index >= 15 is 0 Å². The van der Waals surface area contributed by atoms with Gasteiger partial charge in [-0.25, -0.2) is 0 Å². The molecule has 1 aromatic carbocycles. The Balaban J connectivity index is 1.46. The molecule has 2 N–H and O–H groups in total. The molecular formula is C18H20BrN3O. The first-order chi connectivity index (χ1) is 11.2. The van der Waals surface area contributed by atoms with Crippen LogP contribution in [0.15, 0.2) is 40.9 Å². The van der Waals surface area contributed by atoms with Crippen molar-refractivity contribution in [1.29, 1.82) is 0 Å². The summed E-state index contributed by atoms with van der Waals surface area (Å²) in [7, 11) is 0. The molecule has 3 fully saturated rings. The third-order valence-electron chi connectivity index (χ3n) is 5.06. The van der Waals surface area contributed by atoms with E-state index in [2.05, 4.69) is 31.1 Å². The van der Waals surface area contributed by atoms with Crippen molar-refractivity contribution < 1.29 is 4.79 Å². The number of aromatic amines is 1. The second-order valence-electron chi connectivity index (χ2n) is 6.51. The maximum atomic E-state index is 12.5. The molecule has 1 atom stereocenters. The van der Waals surface area contributed by atoms with Crippen molar-refractivity contribution in [2.75, 3.05) is 19.6 Å². The number of nitrogens with one attached hydrogen (secondary N) is 2. The topological polar surface area (TPSA) is 48.1 Å². The van der Waals surface area contributed by atoms with E-state index in [9.17, 15) is 4.79 Å². The Morgan fingerprint density at radius 2 is 1.87 bits per heavy atom. The summed E-state index contributed by atoms with van der Waals surface area (Å²) < 4.78 is 1.05. The zero-order chi connectivity index (χ0) is 15.8. The Morgan fingerprint density at radius 3 is 2.52 bits per heavy atom. The van der Waals surface area contributed by atoms with Gasteiger partial charge in [0.1, 0.15) is 5.69 Å². The third kappa shape index (κ3) is 3.08. The number of fused-ring (bicyclic) bond motifs is 3. The second-order valence-corrected chi connectivity index (χ2v) is 7.43. The van der Waals surface area contributed by atoms with Crippen molar-refractivity contribution in [3.05, 3.63) is 46.6 Å². The van der Waals surface area contributed by atoms with Crippen LogP contribution in [0.2, 0.25) is 0 Å². The van der Waals surface area contributed by atoms with Crippen LogP contribution in [0.25, 0.3) is 11.3 Å². The molecule has 2 bridgehead atoms. The zero-order valence-corrected chi connectivity index (χ0v) is 14.5. The first-order valence-electron chi connectivity index (χ1n) is 8.17. The van der Waals surface area contributed by atoms with Crippen molar-refractivity contribution in [2.24, 2.45) is 5.92 Å². The van der Waals surface area contributed by atoms with Gasteiger partial charge < -0.3 is 15.2 Å². The summed E-state index contributed by atoms with van der Waals surface area (Å²) in [5.41, 5.74) is 2.69. The molecule has 0 saturated carbocycles. The van der Waals surface area contributed by atoms with Crippen LogP contribution in [0.4, 0.5) is 0 Å². The molecule has 5 heteroatoms. The van der Waals surface area contributed by atoms with Gasteiger partial charge in [-0.2, -0.15) is 0 Å². The fourth-order valence-electron chi connectivity index (χ4n) is 3.70. The van der Waals surface area contributed by atoms with Crippen LogP contribution in [-0.4, -0.2) is 41.5 Å². The zero-order valence-electron chi connectivity index (χ0n) is 12.9. The molecule has 4 nitrogen and oxygen atoms in total. The highest BCUT2D eigenvalue weighted by molar-refractivity contribution is 9.10. The van der Waals surface area contributed by atoms with Gasteiger partial charge in [-0.15, -0.1) is 0 Å². The molecule has 1 aromatic heterocycles. The minimum atomic E-state index is 0.00658. The lowest BCUT2D eigenvalue weighted by Gasteiger charge is -2.44. The number of halogens is 1. The van der Waals surface area contributed by atoms with Gasteiger partial charge in [0.25, 0.3) is 5.91 Å². The van der Waals surface area contributed by atoms with Crippen molar-refractivity contribution in [2.45, 2.75) is 18.9 Å². The van der Waals surface area contributed by atoms with Gasteiger partial charge in [-0.05, 0) is 61.7 Å². The molecule has 2 aromatic rings. The highest BCUT2D eigenvalue weighted by atomic mass is 79.9. The van der Waals surface area contributed by atoms with Crippen LogP contribution < -0.4 is 5.32 Å². The molecule has 3 saturated heterocycles. The lowest BCUT2D eigenvalue weighted by molar-refractivity contribution is 0.0618. The highest BCUT2D eigenvalue weighted by Crippen LogP contribution is 2.28. The predicted molar refractivity (Wildman–Crippen MR) is 94.3 cm³/mol. The number of benzene rings is 1. The summed E-state index contributed by atoms with van der Waals surface area (Å²) in [6, 6.07) is 12.2. The maximum Gasteiger partial charge on any atom is 0.267 e. The number of hydrogen-bond donors (Lipinski definition) is 2. The summed E-state index contributed by atoms with van der Waals surface area (Å²) in [5.74, 6) is 0.650. The van der Waals surface area contributed by atoms with Crippen molar-refractivity contribution in [3.8, 4) is 11.3 Å². The fraction of sp³-hybridized carbons (Fsp3) is 0.389. The van der Waals surface area contributed by atoms with Gasteiger partial charge in [0.05, 0.1) is 0 Å². The SMILES string of the molecule is O=C(N[C@H]1CN2CCC1CC2)c1ccc(-c2ccc(Br)cc2)[nH]1. The summed E-state index contributed by atoms with van der Waals surface area (Å²) in [5, 5.41) is 3.22. The Kier molecular flexibility index (Phi) is 3.99. The number of amides is 1. The van der Waals surface area contributed by atoms with Crippen LogP contribution in [0.5, 0.6) is 0 Å². The van der Waals surface area contributed by atoms with Crippen molar-refractivity contribution >= 4 is 21.8 Å². The van der Waals surface area contributed by atoms with Crippen LogP contribution >= 0.6 is 15.9 Å². The minimum absolute atomic E-state index is 0.00658. The van der Waals surface area contributed by atoms with Crippen LogP contribution in [0, 0.1) is 5.92 Å². The van der Waals surface area contributed by atoms with Gasteiger partial charge >= 0.3 is 0 Å². The number of nitrogens with zero attached hydrogens (tertiary/aromatic N) is 1. The van der Waals surface area contributed by atoms with Crippen LogP contribution in [0.3, 0.4) is 0 Å². The first-order valence-corrected chi connectivity index (χ1v) is 8.96. The van der Waals surface area contributed by atoms with E-state index in [0.29, 0.717) is 17.7 Å². The van der Waals surface area contributed by atoms with E-state index in [1.165, 1.54) is 25.9 Å². The van der Waals surface area contributed by atoms with Crippen molar-refractivity contribution in [3.63, 3.8) is 0 Å². The maximum absolute atomic E-state index is 12.5. The number of hydrogen-bond acceptors (Lipinski definition) is 2. The predicted octanol–water partition coefficient (Wildman–Crippen LogP) is 3.27. The molecule has 0 radical (unpaired) electrons. The summed E-state index contributed by atoms with van der Waals surface area (Å²) in [6.07, 6.45) is 2.42. The Bertz CT molecular complexity index is 701. The standard InChI is InChI=1S/C18H20BrN3O/c19-14-3-1-12(2-4-14)15-5-6-16(20-15)18(23)21-17-11-22-9-7-13(17)8-10-22/h1-6,13,17,20H,7-11H2,(H,21,23)/t17-/m0/s1. The molecule has 3 aliphatic heterocycles. The molecule has 23 heavy (non-hydrogen) atoms. The summed E-state index contributed by atoms with van der Waals surface area (Å²) in [6.45, 7) is 3.37. The molecule has 1 amide bonds. The van der Waals surface area contributed by atoms with E-state index in [1.54, 1.807) is 0 Å². The van der Waals surface area contributed by atoms with E-state index in [4.69, 9.17) is 0 Å². The van der Waals surface area contributed by atoms with Crippen LogP contribution in [0.1, 0.15) is 23.3 Å². The Labute approximate surface area is 144 Å². The molecular weight excluding hydrogens is 354 g/mol. The highest BCUT2D eigenvalue weighted by Gasteiger charge is 2.35. The molecule has 0 unspecified atom stereocenters. The van der Waals surface area contributed by atoms with Gasteiger partial charge in [0, 0.05) is 22.8 Å². The number of carbonyl (C=O) groups excluding carboxylic acids is 1. The molecule has 3 aliphatic rings. The number of aromatic nitrogens is 1. The first kappa shape index (κ1) is 15.0. The monoisotopic (exact) mass is 373 g/mol. The molecule has 0 aliphatic carbocycles. The Hall–Kier alpha value is -1.59. The number of piperidine rings is 3. The minimum Gasteiger partial charge on any atom is -0.351 e. The number of H-pyrrole nitrogens is 1. The average Bonchev–Trinajstić information content (AvgIpc) is 3.07. The molecule has 0 spiro atoms. The van der Waals surface area contributed by atoms with Crippen molar-refractivity contribution in [1.82, 2.24) is 15.2 Å². The summed E-state index contributed by atoms with van der Waals surface area (Å²) >= 11 is 3.44. The van der Waals surface area contributed by atoms with Gasteiger partial charge in [0.2, 0.25) is 0 Å². The quantitative estimate of drug-likeness (QED) is 0.867.